The highest BCUT2D eigenvalue weighted by atomic mass is 19.1. The second-order valence-electron chi connectivity index (χ2n) is 4.93. The average molecular weight is 321 g/mol. The van der Waals surface area contributed by atoms with Gasteiger partial charge in [0.1, 0.15) is 11.6 Å². The maximum Gasteiger partial charge on any atom is 0.254 e. The third-order valence-corrected chi connectivity index (χ3v) is 3.43. The molecular formula is C17H17F2NO3. The van der Waals surface area contributed by atoms with E-state index in [1.54, 1.807) is 25.1 Å². The number of carbonyl (C=O) groups excluding carboxylic acids is 1. The zero-order valence-electron chi connectivity index (χ0n) is 13.0. The van der Waals surface area contributed by atoms with Crippen molar-refractivity contribution in [3.05, 3.63) is 59.2 Å². The minimum absolute atomic E-state index is 0.210. The Bertz CT molecular complexity index is 719. The van der Waals surface area contributed by atoms with Gasteiger partial charge in [-0.05, 0) is 36.8 Å². The number of carbonyl (C=O) groups is 1. The van der Waals surface area contributed by atoms with Gasteiger partial charge in [0.2, 0.25) is 0 Å². The van der Waals surface area contributed by atoms with E-state index in [4.69, 9.17) is 9.47 Å². The lowest BCUT2D eigenvalue weighted by atomic mass is 10.1. The lowest BCUT2D eigenvalue weighted by molar-refractivity contribution is 0.0935. The van der Waals surface area contributed by atoms with Gasteiger partial charge in [-0.15, -0.1) is 0 Å². The minimum Gasteiger partial charge on any atom is -0.493 e. The monoisotopic (exact) mass is 321 g/mol. The van der Waals surface area contributed by atoms with Crippen LogP contribution in [0.5, 0.6) is 11.5 Å². The number of hydrogen-bond acceptors (Lipinski definition) is 3. The Morgan fingerprint density at radius 3 is 2.35 bits per heavy atom. The summed E-state index contributed by atoms with van der Waals surface area (Å²) in [5, 5.41) is 2.66. The summed E-state index contributed by atoms with van der Waals surface area (Å²) >= 11 is 0. The summed E-state index contributed by atoms with van der Waals surface area (Å²) < 4.78 is 36.9. The van der Waals surface area contributed by atoms with Gasteiger partial charge in [-0.25, -0.2) is 8.78 Å². The zero-order valence-corrected chi connectivity index (χ0v) is 13.0. The molecule has 0 radical (unpaired) electrons. The van der Waals surface area contributed by atoms with Gasteiger partial charge in [-0.2, -0.15) is 0 Å². The predicted octanol–water partition coefficient (Wildman–Crippen LogP) is 3.47. The Hall–Kier alpha value is -2.63. The number of hydrogen-bond donors (Lipinski definition) is 1. The first kappa shape index (κ1) is 16.7. The van der Waals surface area contributed by atoms with Crippen LogP contribution in [-0.4, -0.2) is 20.1 Å². The summed E-state index contributed by atoms with van der Waals surface area (Å²) in [6.07, 6.45) is 0. The molecule has 0 aliphatic carbocycles. The van der Waals surface area contributed by atoms with Gasteiger partial charge in [0.05, 0.1) is 25.8 Å². The highest BCUT2D eigenvalue weighted by Crippen LogP contribution is 2.30. The molecule has 1 N–H and O–H groups in total. The minimum atomic E-state index is -0.901. The first-order valence-corrected chi connectivity index (χ1v) is 6.94. The number of halogens is 2. The largest absolute Gasteiger partial charge is 0.493 e. The molecule has 1 unspecified atom stereocenters. The number of methoxy groups -OCH3 is 2. The molecule has 0 aliphatic heterocycles. The van der Waals surface area contributed by atoms with Crippen LogP contribution in [0.15, 0.2) is 36.4 Å². The molecule has 0 fully saturated rings. The Kier molecular flexibility index (Phi) is 5.16. The van der Waals surface area contributed by atoms with Crippen molar-refractivity contribution in [3.8, 4) is 11.5 Å². The summed E-state index contributed by atoms with van der Waals surface area (Å²) in [7, 11) is 3.04. The molecule has 0 aliphatic rings. The van der Waals surface area contributed by atoms with Crippen molar-refractivity contribution in [3.63, 3.8) is 0 Å². The number of amides is 1. The first-order chi connectivity index (χ1) is 11.0. The van der Waals surface area contributed by atoms with Gasteiger partial charge < -0.3 is 14.8 Å². The molecule has 1 atom stereocenters. The summed E-state index contributed by atoms with van der Waals surface area (Å²) in [5.41, 5.74) is 0.553. The lowest BCUT2D eigenvalue weighted by Crippen LogP contribution is -2.27. The van der Waals surface area contributed by atoms with Crippen LogP contribution in [0.25, 0.3) is 0 Å². The molecule has 6 heteroatoms. The van der Waals surface area contributed by atoms with E-state index in [2.05, 4.69) is 5.32 Å². The van der Waals surface area contributed by atoms with E-state index in [9.17, 15) is 13.6 Å². The van der Waals surface area contributed by atoms with Crippen LogP contribution >= 0.6 is 0 Å². The fraction of sp³-hybridized carbons (Fsp3) is 0.235. The van der Waals surface area contributed by atoms with Crippen LogP contribution in [0.4, 0.5) is 8.78 Å². The molecule has 23 heavy (non-hydrogen) atoms. The molecule has 0 aromatic heterocycles. The molecule has 0 spiro atoms. The van der Waals surface area contributed by atoms with Crippen LogP contribution < -0.4 is 14.8 Å². The quantitative estimate of drug-likeness (QED) is 0.917. The third-order valence-electron chi connectivity index (χ3n) is 3.43. The van der Waals surface area contributed by atoms with Crippen molar-refractivity contribution < 1.29 is 23.0 Å². The van der Waals surface area contributed by atoms with Gasteiger partial charge in [-0.1, -0.05) is 6.07 Å². The van der Waals surface area contributed by atoms with Crippen molar-refractivity contribution in [1.82, 2.24) is 5.32 Å². The smallest absolute Gasteiger partial charge is 0.254 e. The molecule has 0 saturated heterocycles. The summed E-state index contributed by atoms with van der Waals surface area (Å²) in [4.78, 5) is 12.1. The SMILES string of the molecule is COc1ccc(C(C)NC(=O)c2ccc(F)cc2F)cc1OC. The molecule has 2 rings (SSSR count). The molecule has 1 amide bonds. The van der Waals surface area contributed by atoms with Gasteiger partial charge in [0, 0.05) is 6.07 Å². The Balaban J connectivity index is 2.18. The van der Waals surface area contributed by atoms with Crippen molar-refractivity contribution in [2.75, 3.05) is 14.2 Å². The molecule has 2 aromatic carbocycles. The van der Waals surface area contributed by atoms with Crippen LogP contribution in [0.2, 0.25) is 0 Å². The van der Waals surface area contributed by atoms with E-state index >= 15 is 0 Å². The Labute approximate surface area is 133 Å². The van der Waals surface area contributed by atoms with E-state index in [0.717, 1.165) is 17.7 Å². The maximum atomic E-state index is 13.6. The molecule has 0 heterocycles. The molecule has 2 aromatic rings. The summed E-state index contributed by atoms with van der Waals surface area (Å²) in [6, 6.07) is 7.65. The van der Waals surface area contributed by atoms with E-state index in [-0.39, 0.29) is 5.56 Å². The van der Waals surface area contributed by atoms with Gasteiger partial charge >= 0.3 is 0 Å². The molecule has 4 nitrogen and oxygen atoms in total. The Morgan fingerprint density at radius 2 is 1.74 bits per heavy atom. The van der Waals surface area contributed by atoms with Gasteiger partial charge in [0.25, 0.3) is 5.91 Å². The van der Waals surface area contributed by atoms with Crippen LogP contribution in [0.3, 0.4) is 0 Å². The molecule has 0 saturated carbocycles. The van der Waals surface area contributed by atoms with Crippen LogP contribution in [0.1, 0.15) is 28.9 Å². The molecular weight excluding hydrogens is 304 g/mol. The lowest BCUT2D eigenvalue weighted by Gasteiger charge is -2.17. The Morgan fingerprint density at radius 1 is 1.04 bits per heavy atom. The predicted molar refractivity (Wildman–Crippen MR) is 81.8 cm³/mol. The van der Waals surface area contributed by atoms with E-state index in [0.29, 0.717) is 17.6 Å². The summed E-state index contributed by atoms with van der Waals surface area (Å²) in [5.74, 6) is -1.16. The fourth-order valence-corrected chi connectivity index (χ4v) is 2.15. The van der Waals surface area contributed by atoms with E-state index in [1.807, 2.05) is 0 Å². The van der Waals surface area contributed by atoms with Gasteiger partial charge in [-0.3, -0.25) is 4.79 Å². The normalized spacial score (nSPS) is 11.7. The zero-order chi connectivity index (χ0) is 17.0. The average Bonchev–Trinajstić information content (AvgIpc) is 2.53. The topological polar surface area (TPSA) is 47.6 Å². The van der Waals surface area contributed by atoms with Crippen molar-refractivity contribution in [2.45, 2.75) is 13.0 Å². The maximum absolute atomic E-state index is 13.6. The van der Waals surface area contributed by atoms with Crippen molar-refractivity contribution in [2.24, 2.45) is 0 Å². The fourth-order valence-electron chi connectivity index (χ4n) is 2.15. The van der Waals surface area contributed by atoms with E-state index in [1.165, 1.54) is 14.2 Å². The van der Waals surface area contributed by atoms with Crippen molar-refractivity contribution >= 4 is 5.91 Å². The standard InChI is InChI=1S/C17H17F2NO3/c1-10(11-4-7-15(22-2)16(8-11)23-3)20-17(21)13-6-5-12(18)9-14(13)19/h4-10H,1-3H3,(H,20,21). The van der Waals surface area contributed by atoms with Crippen molar-refractivity contribution in [1.29, 1.82) is 0 Å². The highest BCUT2D eigenvalue weighted by Gasteiger charge is 2.17. The van der Waals surface area contributed by atoms with Crippen LogP contribution in [-0.2, 0) is 0 Å². The molecule has 122 valence electrons. The van der Waals surface area contributed by atoms with Gasteiger partial charge in [0.15, 0.2) is 11.5 Å². The molecule has 0 bridgehead atoms. The second kappa shape index (κ2) is 7.09. The third kappa shape index (κ3) is 3.77. The number of ether oxygens (including phenoxy) is 2. The number of benzene rings is 2. The van der Waals surface area contributed by atoms with E-state index < -0.39 is 23.6 Å². The van der Waals surface area contributed by atoms with Crippen LogP contribution in [0, 0.1) is 11.6 Å². The number of nitrogens with one attached hydrogen (secondary N) is 1. The highest BCUT2D eigenvalue weighted by molar-refractivity contribution is 5.94. The first-order valence-electron chi connectivity index (χ1n) is 6.94. The number of rotatable bonds is 5. The second-order valence-corrected chi connectivity index (χ2v) is 4.93. The summed E-state index contributed by atoms with van der Waals surface area (Å²) in [6.45, 7) is 1.75.